The molecule has 1 unspecified atom stereocenters. The van der Waals surface area contributed by atoms with Crippen LogP contribution in [0.2, 0.25) is 0 Å². The molecule has 0 saturated carbocycles. The van der Waals surface area contributed by atoms with Crippen LogP contribution in [0.1, 0.15) is 40.5 Å². The highest BCUT2D eigenvalue weighted by Gasteiger charge is 2.38. The third-order valence-corrected chi connectivity index (χ3v) is 4.50. The van der Waals surface area contributed by atoms with E-state index in [0.717, 1.165) is 39.0 Å². The summed E-state index contributed by atoms with van der Waals surface area (Å²) < 4.78 is 6.04. The van der Waals surface area contributed by atoms with Gasteiger partial charge in [0.2, 0.25) is 5.91 Å². The molecule has 4 heteroatoms. The number of hydrogen-bond acceptors (Lipinski definition) is 3. The van der Waals surface area contributed by atoms with Crippen molar-refractivity contribution in [1.29, 1.82) is 0 Å². The van der Waals surface area contributed by atoms with E-state index in [0.29, 0.717) is 6.10 Å². The molecule has 1 N–H and O–H groups in total. The lowest BCUT2D eigenvalue weighted by molar-refractivity contribution is -0.157. The predicted molar refractivity (Wildman–Crippen MR) is 76.0 cm³/mol. The van der Waals surface area contributed by atoms with E-state index in [1.54, 1.807) is 0 Å². The van der Waals surface area contributed by atoms with Gasteiger partial charge in [-0.25, -0.2) is 0 Å². The van der Waals surface area contributed by atoms with E-state index in [1.807, 2.05) is 11.8 Å². The molecule has 2 heterocycles. The summed E-state index contributed by atoms with van der Waals surface area (Å²) in [5.74, 6) is 0.352. The maximum atomic E-state index is 12.3. The van der Waals surface area contributed by atoms with Crippen LogP contribution in [-0.2, 0) is 9.53 Å². The number of carbonyl (C=O) groups excluding carboxylic acids is 1. The number of likely N-dealkylation sites (tertiary alicyclic amines) is 1. The summed E-state index contributed by atoms with van der Waals surface area (Å²) in [6, 6.07) is 0. The van der Waals surface area contributed by atoms with Gasteiger partial charge in [0.15, 0.2) is 0 Å². The smallest absolute Gasteiger partial charge is 0.226 e. The Labute approximate surface area is 116 Å². The largest absolute Gasteiger partial charge is 0.371 e. The van der Waals surface area contributed by atoms with Gasteiger partial charge in [0.25, 0.3) is 0 Å². The Morgan fingerprint density at radius 3 is 2.32 bits per heavy atom. The summed E-state index contributed by atoms with van der Waals surface area (Å²) in [4.78, 5) is 14.2. The molecule has 1 amide bonds. The number of rotatable bonds is 3. The highest BCUT2D eigenvalue weighted by Crippen LogP contribution is 2.29. The van der Waals surface area contributed by atoms with Gasteiger partial charge >= 0.3 is 0 Å². The number of piperidine rings is 1. The minimum atomic E-state index is 0.0397. The number of nitrogens with one attached hydrogen (secondary N) is 1. The van der Waals surface area contributed by atoms with Crippen LogP contribution >= 0.6 is 0 Å². The summed E-state index contributed by atoms with van der Waals surface area (Å²) in [5.41, 5.74) is 0.0397. The monoisotopic (exact) mass is 268 g/mol. The van der Waals surface area contributed by atoms with Crippen LogP contribution in [0.3, 0.4) is 0 Å². The molecule has 1 atom stereocenters. The Kier molecular flexibility index (Phi) is 4.51. The van der Waals surface area contributed by atoms with E-state index in [9.17, 15) is 4.79 Å². The highest BCUT2D eigenvalue weighted by molar-refractivity contribution is 5.80. The van der Waals surface area contributed by atoms with Crippen molar-refractivity contribution in [2.45, 2.75) is 52.7 Å². The highest BCUT2D eigenvalue weighted by atomic mass is 16.5. The van der Waals surface area contributed by atoms with Crippen LogP contribution in [0.15, 0.2) is 0 Å². The van der Waals surface area contributed by atoms with Gasteiger partial charge < -0.3 is 15.0 Å². The van der Waals surface area contributed by atoms with E-state index < -0.39 is 0 Å². The van der Waals surface area contributed by atoms with Gasteiger partial charge in [0.05, 0.1) is 12.2 Å². The van der Waals surface area contributed by atoms with Crippen molar-refractivity contribution in [3.05, 3.63) is 0 Å². The molecule has 2 fully saturated rings. The molecule has 0 spiro atoms. The van der Waals surface area contributed by atoms with Crippen LogP contribution in [0.4, 0.5) is 0 Å². The minimum Gasteiger partial charge on any atom is -0.371 e. The third-order valence-electron chi connectivity index (χ3n) is 4.50. The zero-order valence-corrected chi connectivity index (χ0v) is 12.7. The van der Waals surface area contributed by atoms with Crippen molar-refractivity contribution in [2.75, 3.05) is 26.2 Å². The molecule has 0 aliphatic carbocycles. The van der Waals surface area contributed by atoms with Crippen LogP contribution in [0.25, 0.3) is 0 Å². The SMILES string of the molecule is CC(C(=O)N1CC(OC2CCNCC2)C1)C(C)(C)C. The van der Waals surface area contributed by atoms with Crippen molar-refractivity contribution in [2.24, 2.45) is 11.3 Å². The first kappa shape index (κ1) is 14.8. The summed E-state index contributed by atoms with van der Waals surface area (Å²) in [6.45, 7) is 12.1. The Morgan fingerprint density at radius 2 is 1.79 bits per heavy atom. The Hall–Kier alpha value is -0.610. The molecule has 4 nitrogen and oxygen atoms in total. The number of hydrogen-bond donors (Lipinski definition) is 1. The fourth-order valence-corrected chi connectivity index (χ4v) is 2.55. The molecule has 0 aromatic rings. The first-order chi connectivity index (χ1) is 8.88. The van der Waals surface area contributed by atoms with Crippen molar-refractivity contribution in [3.8, 4) is 0 Å². The zero-order chi connectivity index (χ0) is 14.0. The van der Waals surface area contributed by atoms with E-state index in [4.69, 9.17) is 4.74 Å². The average Bonchev–Trinajstić information content (AvgIpc) is 2.31. The van der Waals surface area contributed by atoms with Gasteiger partial charge in [0, 0.05) is 19.0 Å². The number of amides is 1. The standard InChI is InChI=1S/C15H28N2O2/c1-11(15(2,3)4)14(18)17-9-13(10-17)19-12-5-7-16-8-6-12/h11-13,16H,5-10H2,1-4H3. The second-order valence-electron chi connectivity index (χ2n) is 7.04. The molecule has 0 aromatic carbocycles. The molecule has 19 heavy (non-hydrogen) atoms. The molecule has 110 valence electrons. The summed E-state index contributed by atoms with van der Waals surface area (Å²) in [5, 5.41) is 3.34. The summed E-state index contributed by atoms with van der Waals surface area (Å²) in [7, 11) is 0. The normalized spacial score (nSPS) is 24.1. The number of ether oxygens (including phenoxy) is 1. The third kappa shape index (κ3) is 3.69. The maximum absolute atomic E-state index is 12.3. The molecule has 2 rings (SSSR count). The van der Waals surface area contributed by atoms with E-state index in [1.165, 1.54) is 0 Å². The predicted octanol–water partition coefficient (Wildman–Crippen LogP) is 1.65. The van der Waals surface area contributed by atoms with E-state index in [2.05, 4.69) is 26.1 Å². The van der Waals surface area contributed by atoms with Crippen LogP contribution in [0, 0.1) is 11.3 Å². The molecule has 2 aliphatic rings. The summed E-state index contributed by atoms with van der Waals surface area (Å²) >= 11 is 0. The van der Waals surface area contributed by atoms with Gasteiger partial charge in [-0.1, -0.05) is 27.7 Å². The summed E-state index contributed by atoms with van der Waals surface area (Å²) in [6.07, 6.45) is 2.86. The van der Waals surface area contributed by atoms with Gasteiger partial charge in [-0.05, 0) is 31.3 Å². The second kappa shape index (κ2) is 5.80. The van der Waals surface area contributed by atoms with Gasteiger partial charge in [-0.15, -0.1) is 0 Å². The number of nitrogens with zero attached hydrogens (tertiary/aromatic N) is 1. The van der Waals surface area contributed by atoms with Gasteiger partial charge in [-0.3, -0.25) is 4.79 Å². The fourth-order valence-electron chi connectivity index (χ4n) is 2.55. The van der Waals surface area contributed by atoms with E-state index in [-0.39, 0.29) is 23.3 Å². The van der Waals surface area contributed by atoms with Crippen molar-refractivity contribution < 1.29 is 9.53 Å². The fraction of sp³-hybridized carbons (Fsp3) is 0.933. The van der Waals surface area contributed by atoms with Crippen molar-refractivity contribution >= 4 is 5.91 Å². The zero-order valence-electron chi connectivity index (χ0n) is 12.7. The minimum absolute atomic E-state index is 0.0397. The molecule has 2 saturated heterocycles. The first-order valence-electron chi connectivity index (χ1n) is 7.53. The number of carbonyl (C=O) groups is 1. The van der Waals surface area contributed by atoms with Crippen molar-refractivity contribution in [3.63, 3.8) is 0 Å². The van der Waals surface area contributed by atoms with Gasteiger partial charge in [-0.2, -0.15) is 0 Å². The van der Waals surface area contributed by atoms with E-state index >= 15 is 0 Å². The molecule has 0 radical (unpaired) electrons. The second-order valence-corrected chi connectivity index (χ2v) is 7.04. The van der Waals surface area contributed by atoms with Crippen LogP contribution in [0.5, 0.6) is 0 Å². The molecule has 0 aromatic heterocycles. The lowest BCUT2D eigenvalue weighted by Crippen LogP contribution is -2.58. The molecular weight excluding hydrogens is 240 g/mol. The molecule has 0 bridgehead atoms. The van der Waals surface area contributed by atoms with Crippen LogP contribution in [-0.4, -0.2) is 49.2 Å². The average molecular weight is 268 g/mol. The maximum Gasteiger partial charge on any atom is 0.226 e. The lowest BCUT2D eigenvalue weighted by atomic mass is 9.80. The van der Waals surface area contributed by atoms with Crippen molar-refractivity contribution in [1.82, 2.24) is 10.2 Å². The lowest BCUT2D eigenvalue weighted by Gasteiger charge is -2.44. The Morgan fingerprint density at radius 1 is 1.21 bits per heavy atom. The van der Waals surface area contributed by atoms with Crippen LogP contribution < -0.4 is 5.32 Å². The topological polar surface area (TPSA) is 41.6 Å². The quantitative estimate of drug-likeness (QED) is 0.846. The molecular formula is C15H28N2O2. The van der Waals surface area contributed by atoms with Gasteiger partial charge in [0.1, 0.15) is 0 Å². The Bertz CT molecular complexity index is 313. The first-order valence-corrected chi connectivity index (χ1v) is 7.53. The Balaban J connectivity index is 1.72. The molecule has 2 aliphatic heterocycles.